The second kappa shape index (κ2) is 6.57. The molecule has 1 aromatic carbocycles. The van der Waals surface area contributed by atoms with Crippen LogP contribution in [-0.4, -0.2) is 29.4 Å². The highest BCUT2D eigenvalue weighted by Gasteiger charge is 2.35. The lowest BCUT2D eigenvalue weighted by Gasteiger charge is -2.41. The first-order valence-corrected chi connectivity index (χ1v) is 7.45. The van der Waals surface area contributed by atoms with E-state index in [2.05, 4.69) is 4.90 Å². The van der Waals surface area contributed by atoms with Gasteiger partial charge in [-0.3, -0.25) is 9.69 Å². The molecule has 20 heavy (non-hydrogen) atoms. The van der Waals surface area contributed by atoms with Crippen LogP contribution in [0.2, 0.25) is 5.02 Å². The first-order chi connectivity index (χ1) is 9.52. The van der Waals surface area contributed by atoms with E-state index < -0.39 is 0 Å². The van der Waals surface area contributed by atoms with Crippen LogP contribution in [0.25, 0.3) is 0 Å². The fourth-order valence-corrected chi connectivity index (χ4v) is 3.32. The van der Waals surface area contributed by atoms with Crippen LogP contribution in [0.1, 0.15) is 37.8 Å². The number of rotatable bonds is 4. The number of nitrogens with two attached hydrogens (primary N) is 2. The van der Waals surface area contributed by atoms with Gasteiger partial charge in [-0.2, -0.15) is 0 Å². The number of halogens is 1. The first-order valence-electron chi connectivity index (χ1n) is 7.07. The van der Waals surface area contributed by atoms with Crippen molar-refractivity contribution in [3.63, 3.8) is 0 Å². The highest BCUT2D eigenvalue weighted by Crippen LogP contribution is 2.34. The molecule has 1 aliphatic rings. The largest absolute Gasteiger partial charge is 0.368 e. The lowest BCUT2D eigenvalue weighted by atomic mass is 9.92. The average molecular weight is 296 g/mol. The maximum absolute atomic E-state index is 11.7. The van der Waals surface area contributed by atoms with Gasteiger partial charge in [-0.15, -0.1) is 0 Å². The number of nitrogens with zero attached hydrogens (tertiary/aromatic N) is 1. The van der Waals surface area contributed by atoms with E-state index in [4.69, 9.17) is 23.1 Å². The quantitative estimate of drug-likeness (QED) is 0.893. The molecule has 1 amide bonds. The van der Waals surface area contributed by atoms with Crippen molar-refractivity contribution in [2.75, 3.05) is 6.54 Å². The number of likely N-dealkylation sites (tertiary alicyclic amines) is 1. The number of hydrogen-bond acceptors (Lipinski definition) is 3. The third-order valence-electron chi connectivity index (χ3n) is 3.95. The Bertz CT molecular complexity index is 478. The Balaban J connectivity index is 2.37. The summed E-state index contributed by atoms with van der Waals surface area (Å²) in [6.45, 7) is 2.77. The predicted octanol–water partition coefficient (Wildman–Crippen LogP) is 2.07. The molecular weight excluding hydrogens is 274 g/mol. The fourth-order valence-electron chi connectivity index (χ4n) is 3.07. The van der Waals surface area contributed by atoms with Crippen LogP contribution in [0.15, 0.2) is 24.3 Å². The Morgan fingerprint density at radius 3 is 2.70 bits per heavy atom. The molecule has 0 aliphatic carbocycles. The van der Waals surface area contributed by atoms with Crippen LogP contribution in [0.3, 0.4) is 0 Å². The van der Waals surface area contributed by atoms with E-state index in [1.165, 1.54) is 0 Å². The molecule has 0 radical (unpaired) electrons. The number of piperidine rings is 1. The zero-order valence-electron chi connectivity index (χ0n) is 11.8. The van der Waals surface area contributed by atoms with Gasteiger partial charge in [0.25, 0.3) is 0 Å². The number of carbonyl (C=O) groups is 1. The Morgan fingerprint density at radius 2 is 2.10 bits per heavy atom. The first kappa shape index (κ1) is 15.3. The Kier molecular flexibility index (Phi) is 5.02. The van der Waals surface area contributed by atoms with Crippen LogP contribution < -0.4 is 11.5 Å². The highest BCUT2D eigenvalue weighted by molar-refractivity contribution is 6.31. The predicted molar refractivity (Wildman–Crippen MR) is 81.4 cm³/mol. The Hall–Kier alpha value is -1.10. The van der Waals surface area contributed by atoms with E-state index >= 15 is 0 Å². The topological polar surface area (TPSA) is 72.3 Å². The molecule has 3 unspecified atom stereocenters. The van der Waals surface area contributed by atoms with Crippen molar-refractivity contribution < 1.29 is 4.79 Å². The van der Waals surface area contributed by atoms with Crippen LogP contribution in [0.4, 0.5) is 0 Å². The summed E-state index contributed by atoms with van der Waals surface area (Å²) in [5, 5.41) is 0.684. The van der Waals surface area contributed by atoms with Crippen molar-refractivity contribution in [1.82, 2.24) is 4.90 Å². The van der Waals surface area contributed by atoms with E-state index in [1.807, 2.05) is 31.2 Å². The minimum absolute atomic E-state index is 0.0819. The lowest BCUT2D eigenvalue weighted by molar-refractivity contribution is -0.125. The molecule has 3 atom stereocenters. The maximum atomic E-state index is 11.7. The van der Waals surface area contributed by atoms with Crippen molar-refractivity contribution >= 4 is 17.5 Å². The van der Waals surface area contributed by atoms with Crippen LogP contribution in [-0.2, 0) is 4.79 Å². The summed E-state index contributed by atoms with van der Waals surface area (Å²) in [4.78, 5) is 13.8. The third-order valence-corrected chi connectivity index (χ3v) is 4.30. The van der Waals surface area contributed by atoms with Crippen molar-refractivity contribution in [3.05, 3.63) is 34.9 Å². The van der Waals surface area contributed by atoms with Crippen molar-refractivity contribution in [1.29, 1.82) is 0 Å². The van der Waals surface area contributed by atoms with Crippen molar-refractivity contribution in [2.24, 2.45) is 11.5 Å². The molecule has 4 N–H and O–H groups in total. The summed E-state index contributed by atoms with van der Waals surface area (Å²) in [6.07, 6.45) is 2.87. The summed E-state index contributed by atoms with van der Waals surface area (Å²) in [5.41, 5.74) is 12.7. The van der Waals surface area contributed by atoms with Gasteiger partial charge in [-0.05, 0) is 37.9 Å². The second-order valence-corrected chi connectivity index (χ2v) is 5.88. The Labute approximate surface area is 125 Å². The molecule has 1 aromatic rings. The minimum atomic E-state index is -0.276. The molecule has 5 heteroatoms. The SMILES string of the molecule is CC(N)C(c1ccccc1Cl)N1CCCCC1C(N)=O. The molecule has 1 heterocycles. The van der Waals surface area contributed by atoms with Crippen molar-refractivity contribution in [3.8, 4) is 0 Å². The average Bonchev–Trinajstić information content (AvgIpc) is 2.41. The number of primary amides is 1. The van der Waals surface area contributed by atoms with Crippen LogP contribution in [0, 0.1) is 0 Å². The molecule has 0 aromatic heterocycles. The number of amides is 1. The zero-order chi connectivity index (χ0) is 14.7. The van der Waals surface area contributed by atoms with Gasteiger partial charge in [0, 0.05) is 11.1 Å². The van der Waals surface area contributed by atoms with E-state index in [9.17, 15) is 4.79 Å². The number of carbonyl (C=O) groups excluding carboxylic acids is 1. The molecule has 4 nitrogen and oxygen atoms in total. The van der Waals surface area contributed by atoms with Gasteiger partial charge >= 0.3 is 0 Å². The Morgan fingerprint density at radius 1 is 1.40 bits per heavy atom. The third kappa shape index (κ3) is 3.14. The van der Waals surface area contributed by atoms with Gasteiger partial charge in [-0.25, -0.2) is 0 Å². The standard InChI is InChI=1S/C15H22ClN3O/c1-10(17)14(11-6-2-3-7-12(11)16)19-9-5-4-8-13(19)15(18)20/h2-3,6-7,10,13-14H,4-5,8-9,17H2,1H3,(H2,18,20). The normalized spacial score (nSPS) is 23.2. The summed E-state index contributed by atoms with van der Waals surface area (Å²) in [5.74, 6) is -0.276. The smallest absolute Gasteiger partial charge is 0.234 e. The molecule has 0 spiro atoms. The molecule has 0 bridgehead atoms. The molecule has 1 fully saturated rings. The molecule has 2 rings (SSSR count). The van der Waals surface area contributed by atoms with Gasteiger partial charge in [0.15, 0.2) is 0 Å². The van der Waals surface area contributed by atoms with Gasteiger partial charge in [0.2, 0.25) is 5.91 Å². The molecule has 0 saturated carbocycles. The van der Waals surface area contributed by atoms with Crippen LogP contribution in [0.5, 0.6) is 0 Å². The van der Waals surface area contributed by atoms with Gasteiger partial charge in [0.05, 0.1) is 12.1 Å². The van der Waals surface area contributed by atoms with E-state index in [0.717, 1.165) is 31.4 Å². The summed E-state index contributed by atoms with van der Waals surface area (Å²) < 4.78 is 0. The lowest BCUT2D eigenvalue weighted by Crippen LogP contribution is -2.52. The molecular formula is C15H22ClN3O. The second-order valence-electron chi connectivity index (χ2n) is 5.48. The number of hydrogen-bond donors (Lipinski definition) is 2. The summed E-state index contributed by atoms with van der Waals surface area (Å²) in [6, 6.07) is 7.21. The zero-order valence-corrected chi connectivity index (χ0v) is 12.5. The van der Waals surface area contributed by atoms with Gasteiger partial charge in [0.1, 0.15) is 0 Å². The van der Waals surface area contributed by atoms with Gasteiger partial charge < -0.3 is 11.5 Å². The van der Waals surface area contributed by atoms with Gasteiger partial charge in [-0.1, -0.05) is 36.2 Å². The summed E-state index contributed by atoms with van der Waals surface area (Å²) in [7, 11) is 0. The molecule has 1 saturated heterocycles. The number of benzene rings is 1. The maximum Gasteiger partial charge on any atom is 0.234 e. The fraction of sp³-hybridized carbons (Fsp3) is 0.533. The van der Waals surface area contributed by atoms with Crippen LogP contribution >= 0.6 is 11.6 Å². The van der Waals surface area contributed by atoms with Crippen molar-refractivity contribution in [2.45, 2.75) is 44.3 Å². The van der Waals surface area contributed by atoms with E-state index in [1.54, 1.807) is 0 Å². The molecule has 1 aliphatic heterocycles. The minimum Gasteiger partial charge on any atom is -0.368 e. The monoisotopic (exact) mass is 295 g/mol. The van der Waals surface area contributed by atoms with E-state index in [-0.39, 0.29) is 24.0 Å². The highest BCUT2D eigenvalue weighted by atomic mass is 35.5. The molecule has 110 valence electrons. The summed E-state index contributed by atoms with van der Waals surface area (Å²) >= 11 is 6.31. The van der Waals surface area contributed by atoms with E-state index in [0.29, 0.717) is 5.02 Å².